The van der Waals surface area contributed by atoms with Crippen molar-refractivity contribution in [1.82, 2.24) is 5.32 Å². The van der Waals surface area contributed by atoms with Crippen LogP contribution in [0.25, 0.3) is 0 Å². The lowest BCUT2D eigenvalue weighted by Crippen LogP contribution is -2.27. The Labute approximate surface area is 128 Å². The van der Waals surface area contributed by atoms with Gasteiger partial charge < -0.3 is 5.32 Å². The fraction of sp³-hybridized carbons (Fsp3) is 0.562. The van der Waals surface area contributed by atoms with Gasteiger partial charge in [-0.2, -0.15) is 0 Å². The molecular weight excluding hydrogens is 349 g/mol. The van der Waals surface area contributed by atoms with E-state index in [1.807, 2.05) is 0 Å². The van der Waals surface area contributed by atoms with E-state index >= 15 is 0 Å². The molecule has 1 aromatic rings. The Morgan fingerprint density at radius 1 is 1.32 bits per heavy atom. The van der Waals surface area contributed by atoms with Crippen LogP contribution in [0.4, 0.5) is 0 Å². The van der Waals surface area contributed by atoms with Crippen molar-refractivity contribution in [1.29, 1.82) is 0 Å². The standard InChI is InChI=1S/C16H20INO/c17-9-3-4-10-18-16(19)15-13-8-7-11-5-1-2-6-12(11)14(13)15/h1-2,5-6,13-15H,3-4,7-10H2,(H,18,19). The van der Waals surface area contributed by atoms with Gasteiger partial charge in [0.2, 0.25) is 5.91 Å². The predicted octanol–water partition coefficient (Wildman–Crippen LogP) is 3.29. The molecule has 3 heteroatoms. The van der Waals surface area contributed by atoms with E-state index in [1.165, 1.54) is 28.4 Å². The molecule has 1 amide bonds. The van der Waals surface area contributed by atoms with Crippen molar-refractivity contribution < 1.29 is 4.79 Å². The van der Waals surface area contributed by atoms with E-state index < -0.39 is 0 Å². The lowest BCUT2D eigenvalue weighted by Gasteiger charge is -2.13. The minimum Gasteiger partial charge on any atom is -0.356 e. The summed E-state index contributed by atoms with van der Waals surface area (Å²) < 4.78 is 1.18. The van der Waals surface area contributed by atoms with Crippen LogP contribution >= 0.6 is 22.6 Å². The normalized spacial score (nSPS) is 27.3. The third kappa shape index (κ3) is 2.67. The molecule has 1 N–H and O–H groups in total. The van der Waals surface area contributed by atoms with Crippen molar-refractivity contribution >= 4 is 28.5 Å². The number of carbonyl (C=O) groups is 1. The molecule has 1 saturated carbocycles. The van der Waals surface area contributed by atoms with E-state index in [2.05, 4.69) is 52.2 Å². The minimum atomic E-state index is 0.253. The van der Waals surface area contributed by atoms with Crippen LogP contribution in [0.3, 0.4) is 0 Å². The molecule has 3 atom stereocenters. The first-order valence-corrected chi connectivity index (χ1v) is 8.77. The molecule has 0 aliphatic heterocycles. The number of hydrogen-bond donors (Lipinski definition) is 1. The largest absolute Gasteiger partial charge is 0.356 e. The van der Waals surface area contributed by atoms with E-state index in [0.717, 1.165) is 19.4 Å². The number of rotatable bonds is 5. The second kappa shape index (κ2) is 5.81. The highest BCUT2D eigenvalue weighted by Gasteiger charge is 2.56. The Balaban J connectivity index is 1.59. The summed E-state index contributed by atoms with van der Waals surface area (Å²) in [4.78, 5) is 12.2. The third-order valence-corrected chi connectivity index (χ3v) is 5.25. The highest BCUT2D eigenvalue weighted by atomic mass is 127. The maximum absolute atomic E-state index is 12.2. The molecule has 0 spiro atoms. The van der Waals surface area contributed by atoms with Crippen molar-refractivity contribution in [3.05, 3.63) is 35.4 Å². The molecule has 1 fully saturated rings. The topological polar surface area (TPSA) is 29.1 Å². The van der Waals surface area contributed by atoms with Crippen molar-refractivity contribution in [2.75, 3.05) is 11.0 Å². The minimum absolute atomic E-state index is 0.253. The van der Waals surface area contributed by atoms with Crippen LogP contribution in [0.1, 0.15) is 36.3 Å². The zero-order valence-electron chi connectivity index (χ0n) is 11.1. The number of alkyl halides is 1. The van der Waals surface area contributed by atoms with Crippen LogP contribution in [0.15, 0.2) is 24.3 Å². The summed E-state index contributed by atoms with van der Waals surface area (Å²) in [7, 11) is 0. The zero-order valence-corrected chi connectivity index (χ0v) is 13.2. The fourth-order valence-corrected chi connectivity index (χ4v) is 4.01. The van der Waals surface area contributed by atoms with Gasteiger partial charge in [0.25, 0.3) is 0 Å². The van der Waals surface area contributed by atoms with E-state index in [4.69, 9.17) is 0 Å². The Morgan fingerprint density at radius 3 is 3.00 bits per heavy atom. The number of halogens is 1. The van der Waals surface area contributed by atoms with Crippen molar-refractivity contribution in [2.24, 2.45) is 11.8 Å². The average Bonchev–Trinajstić information content (AvgIpc) is 3.18. The Kier molecular flexibility index (Phi) is 4.10. The molecular formula is C16H20INO. The second-order valence-electron chi connectivity index (χ2n) is 5.64. The van der Waals surface area contributed by atoms with Crippen molar-refractivity contribution in [2.45, 2.75) is 31.6 Å². The molecule has 0 bridgehead atoms. The lowest BCUT2D eigenvalue weighted by atomic mass is 9.92. The van der Waals surface area contributed by atoms with Crippen LogP contribution in [0.5, 0.6) is 0 Å². The number of carbonyl (C=O) groups excluding carboxylic acids is 1. The highest BCUT2D eigenvalue weighted by molar-refractivity contribution is 14.1. The van der Waals surface area contributed by atoms with Gasteiger partial charge in [0.15, 0.2) is 0 Å². The van der Waals surface area contributed by atoms with E-state index in [-0.39, 0.29) is 5.92 Å². The van der Waals surface area contributed by atoms with Gasteiger partial charge in [-0.1, -0.05) is 46.9 Å². The molecule has 2 nitrogen and oxygen atoms in total. The van der Waals surface area contributed by atoms with E-state index in [1.54, 1.807) is 0 Å². The summed E-state index contributed by atoms with van der Waals surface area (Å²) in [6.07, 6.45) is 4.64. The van der Waals surface area contributed by atoms with Gasteiger partial charge in [-0.3, -0.25) is 4.79 Å². The van der Waals surface area contributed by atoms with Gasteiger partial charge in [-0.05, 0) is 53.1 Å². The molecule has 2 aliphatic rings. The summed E-state index contributed by atoms with van der Waals surface area (Å²) in [5, 5.41) is 3.12. The van der Waals surface area contributed by atoms with Gasteiger partial charge in [-0.25, -0.2) is 0 Å². The number of nitrogens with one attached hydrogen (secondary N) is 1. The molecule has 0 radical (unpaired) electrons. The zero-order chi connectivity index (χ0) is 13.2. The van der Waals surface area contributed by atoms with Gasteiger partial charge in [0.1, 0.15) is 0 Å². The van der Waals surface area contributed by atoms with Crippen LogP contribution < -0.4 is 5.32 Å². The molecule has 3 rings (SSSR count). The molecule has 102 valence electrons. The first-order chi connectivity index (χ1) is 9.33. The predicted molar refractivity (Wildman–Crippen MR) is 85.6 cm³/mol. The van der Waals surface area contributed by atoms with Crippen molar-refractivity contribution in [3.8, 4) is 0 Å². The fourth-order valence-electron chi connectivity index (χ4n) is 3.47. The third-order valence-electron chi connectivity index (χ3n) is 4.49. The first-order valence-electron chi connectivity index (χ1n) is 7.24. The summed E-state index contributed by atoms with van der Waals surface area (Å²) in [6, 6.07) is 8.66. The molecule has 0 heterocycles. The summed E-state index contributed by atoms with van der Waals surface area (Å²) in [5.74, 6) is 1.66. The molecule has 0 saturated heterocycles. The molecule has 2 aliphatic carbocycles. The number of amides is 1. The van der Waals surface area contributed by atoms with Gasteiger partial charge in [0.05, 0.1) is 0 Å². The van der Waals surface area contributed by atoms with Crippen molar-refractivity contribution in [3.63, 3.8) is 0 Å². The van der Waals surface area contributed by atoms with Gasteiger partial charge in [-0.15, -0.1) is 0 Å². The maximum Gasteiger partial charge on any atom is 0.224 e. The monoisotopic (exact) mass is 369 g/mol. The lowest BCUT2D eigenvalue weighted by molar-refractivity contribution is -0.122. The number of unbranched alkanes of at least 4 members (excludes halogenated alkanes) is 1. The maximum atomic E-state index is 12.2. The Bertz CT molecular complexity index is 474. The molecule has 19 heavy (non-hydrogen) atoms. The van der Waals surface area contributed by atoms with Gasteiger partial charge in [0, 0.05) is 12.5 Å². The van der Waals surface area contributed by atoms with Crippen LogP contribution in [-0.2, 0) is 11.2 Å². The van der Waals surface area contributed by atoms with Crippen LogP contribution in [-0.4, -0.2) is 16.9 Å². The quantitative estimate of drug-likeness (QED) is 0.482. The summed E-state index contributed by atoms with van der Waals surface area (Å²) >= 11 is 2.38. The highest BCUT2D eigenvalue weighted by Crippen LogP contribution is 2.59. The number of aryl methyl sites for hydroxylation is 1. The Morgan fingerprint density at radius 2 is 2.16 bits per heavy atom. The summed E-state index contributed by atoms with van der Waals surface area (Å²) in [6.45, 7) is 0.847. The smallest absolute Gasteiger partial charge is 0.224 e. The molecule has 1 aromatic carbocycles. The van der Waals surface area contributed by atoms with Gasteiger partial charge >= 0.3 is 0 Å². The SMILES string of the molecule is O=C(NCCCCI)C1C2CCc3ccccc3C21. The number of benzene rings is 1. The van der Waals surface area contributed by atoms with E-state index in [0.29, 0.717) is 17.7 Å². The molecule has 3 unspecified atom stereocenters. The Hall–Kier alpha value is -0.580. The van der Waals surface area contributed by atoms with Crippen LogP contribution in [0.2, 0.25) is 0 Å². The number of fused-ring (bicyclic) bond motifs is 3. The van der Waals surface area contributed by atoms with Crippen LogP contribution in [0, 0.1) is 11.8 Å². The number of hydrogen-bond acceptors (Lipinski definition) is 1. The average molecular weight is 369 g/mol. The van der Waals surface area contributed by atoms with E-state index in [9.17, 15) is 4.79 Å². The first kappa shape index (κ1) is 13.4. The molecule has 0 aromatic heterocycles. The summed E-state index contributed by atoms with van der Waals surface area (Å²) in [5.41, 5.74) is 2.90. The second-order valence-corrected chi connectivity index (χ2v) is 6.72.